The fraction of sp³-hybridized carbons (Fsp3) is 0.240. The predicted molar refractivity (Wildman–Crippen MR) is 122 cm³/mol. The highest BCUT2D eigenvalue weighted by Crippen LogP contribution is 2.25. The van der Waals surface area contributed by atoms with E-state index in [4.69, 9.17) is 9.15 Å². The highest BCUT2D eigenvalue weighted by molar-refractivity contribution is 6.21. The monoisotopic (exact) mass is 462 g/mol. The quantitative estimate of drug-likeness (QED) is 0.325. The van der Waals surface area contributed by atoms with E-state index in [0.29, 0.717) is 27.8 Å². The van der Waals surface area contributed by atoms with Crippen LogP contribution in [-0.4, -0.2) is 35.1 Å². The van der Waals surface area contributed by atoms with Gasteiger partial charge in [0.05, 0.1) is 11.1 Å². The van der Waals surface area contributed by atoms with Crippen LogP contribution >= 0.6 is 0 Å². The number of fused-ring (bicyclic) bond motifs is 2. The number of nitrogens with one attached hydrogen (secondary N) is 1. The van der Waals surface area contributed by atoms with Crippen molar-refractivity contribution in [2.45, 2.75) is 33.3 Å². The van der Waals surface area contributed by atoms with Gasteiger partial charge in [-0.1, -0.05) is 11.6 Å². The molecule has 0 radical (unpaired) electrons. The SMILES string of the molecule is CC(=O)Nc1ccc2c(COC(=O)CCCN3C(=O)c4ccc(C)cc4C3=O)cc(=O)oc2c1. The summed E-state index contributed by atoms with van der Waals surface area (Å²) in [5.41, 5.74) is 2.22. The van der Waals surface area contributed by atoms with E-state index < -0.39 is 11.6 Å². The van der Waals surface area contributed by atoms with Gasteiger partial charge in [-0.05, 0) is 37.6 Å². The summed E-state index contributed by atoms with van der Waals surface area (Å²) >= 11 is 0. The van der Waals surface area contributed by atoms with Crippen molar-refractivity contribution < 1.29 is 28.3 Å². The number of esters is 1. The van der Waals surface area contributed by atoms with E-state index in [-0.39, 0.29) is 49.3 Å². The molecule has 0 atom stereocenters. The summed E-state index contributed by atoms with van der Waals surface area (Å²) in [6, 6.07) is 11.2. The first kappa shape index (κ1) is 22.9. The smallest absolute Gasteiger partial charge is 0.336 e. The Bertz CT molecular complexity index is 1390. The van der Waals surface area contributed by atoms with Gasteiger partial charge in [0.2, 0.25) is 5.91 Å². The summed E-state index contributed by atoms with van der Waals surface area (Å²) in [4.78, 5) is 61.5. The second-order valence-electron chi connectivity index (χ2n) is 8.06. The highest BCUT2D eigenvalue weighted by Gasteiger charge is 2.35. The van der Waals surface area contributed by atoms with Crippen molar-refractivity contribution in [2.24, 2.45) is 0 Å². The Labute approximate surface area is 194 Å². The lowest BCUT2D eigenvalue weighted by atomic mass is 10.1. The molecule has 0 bridgehead atoms. The number of aryl methyl sites for hydroxylation is 1. The molecule has 1 aromatic heterocycles. The molecule has 2 aromatic carbocycles. The molecule has 0 spiro atoms. The molecule has 34 heavy (non-hydrogen) atoms. The number of hydrogen-bond acceptors (Lipinski definition) is 7. The average Bonchev–Trinajstić information content (AvgIpc) is 3.00. The summed E-state index contributed by atoms with van der Waals surface area (Å²) in [5, 5.41) is 3.18. The first-order chi connectivity index (χ1) is 16.2. The standard InChI is InChI=1S/C25H22N2O7/c1-14-5-7-19-20(10-14)25(32)27(24(19)31)9-3-4-22(29)33-13-16-11-23(30)34-21-12-17(26-15(2)28)6-8-18(16)21/h5-8,10-12H,3-4,9,13H2,1-2H3,(H,26,28). The summed E-state index contributed by atoms with van der Waals surface area (Å²) in [6.45, 7) is 3.17. The normalized spacial score (nSPS) is 12.7. The van der Waals surface area contributed by atoms with Gasteiger partial charge >= 0.3 is 11.6 Å². The number of rotatable bonds is 7. The number of ether oxygens (including phenoxy) is 1. The summed E-state index contributed by atoms with van der Waals surface area (Å²) in [7, 11) is 0. The van der Waals surface area contributed by atoms with Crippen LogP contribution in [0.3, 0.4) is 0 Å². The van der Waals surface area contributed by atoms with Gasteiger partial charge in [0, 0.05) is 48.7 Å². The molecule has 9 nitrogen and oxygen atoms in total. The van der Waals surface area contributed by atoms with Gasteiger partial charge in [0.1, 0.15) is 12.2 Å². The van der Waals surface area contributed by atoms with Gasteiger partial charge in [-0.2, -0.15) is 0 Å². The molecule has 4 rings (SSSR count). The molecular formula is C25H22N2O7. The van der Waals surface area contributed by atoms with Crippen molar-refractivity contribution in [2.75, 3.05) is 11.9 Å². The lowest BCUT2D eigenvalue weighted by Crippen LogP contribution is -2.31. The van der Waals surface area contributed by atoms with Crippen LogP contribution in [0.5, 0.6) is 0 Å². The Morgan fingerprint density at radius 2 is 1.76 bits per heavy atom. The Morgan fingerprint density at radius 3 is 2.53 bits per heavy atom. The number of benzene rings is 2. The Morgan fingerprint density at radius 1 is 1.00 bits per heavy atom. The summed E-state index contributed by atoms with van der Waals surface area (Å²) < 4.78 is 10.5. The number of carbonyl (C=O) groups is 4. The molecule has 9 heteroatoms. The second-order valence-corrected chi connectivity index (χ2v) is 8.06. The van der Waals surface area contributed by atoms with Crippen LogP contribution in [0.4, 0.5) is 5.69 Å². The first-order valence-electron chi connectivity index (χ1n) is 10.7. The van der Waals surface area contributed by atoms with Gasteiger partial charge in [-0.3, -0.25) is 24.1 Å². The molecule has 1 aliphatic heterocycles. The van der Waals surface area contributed by atoms with E-state index in [1.54, 1.807) is 30.3 Å². The molecule has 1 N–H and O–H groups in total. The maximum Gasteiger partial charge on any atom is 0.336 e. The van der Waals surface area contributed by atoms with E-state index in [0.717, 1.165) is 10.5 Å². The van der Waals surface area contributed by atoms with Crippen LogP contribution in [-0.2, 0) is 20.9 Å². The van der Waals surface area contributed by atoms with Gasteiger partial charge in [-0.15, -0.1) is 0 Å². The summed E-state index contributed by atoms with van der Waals surface area (Å²) in [6.07, 6.45) is 0.250. The molecule has 0 saturated carbocycles. The number of carbonyl (C=O) groups excluding carboxylic acids is 4. The zero-order valence-electron chi connectivity index (χ0n) is 18.7. The van der Waals surface area contributed by atoms with E-state index in [1.165, 1.54) is 19.1 Å². The summed E-state index contributed by atoms with van der Waals surface area (Å²) in [5.74, 6) is -1.51. The first-order valence-corrected chi connectivity index (χ1v) is 10.7. The Kier molecular flexibility index (Phi) is 6.27. The molecule has 0 aliphatic carbocycles. The second kappa shape index (κ2) is 9.30. The van der Waals surface area contributed by atoms with Crippen LogP contribution < -0.4 is 10.9 Å². The van der Waals surface area contributed by atoms with Gasteiger partial charge < -0.3 is 14.5 Å². The zero-order chi connectivity index (χ0) is 24.4. The predicted octanol–water partition coefficient (Wildman–Crippen LogP) is 3.18. The van der Waals surface area contributed by atoms with Gasteiger partial charge in [-0.25, -0.2) is 4.79 Å². The molecule has 174 valence electrons. The van der Waals surface area contributed by atoms with E-state index in [1.807, 2.05) is 6.92 Å². The number of nitrogens with zero attached hydrogens (tertiary/aromatic N) is 1. The molecule has 3 amide bonds. The average molecular weight is 462 g/mol. The van der Waals surface area contributed by atoms with Crippen molar-refractivity contribution >= 4 is 40.3 Å². The van der Waals surface area contributed by atoms with Gasteiger partial charge in [0.25, 0.3) is 11.8 Å². The largest absolute Gasteiger partial charge is 0.461 e. The third-order valence-electron chi connectivity index (χ3n) is 5.43. The zero-order valence-corrected chi connectivity index (χ0v) is 18.7. The molecule has 0 saturated heterocycles. The minimum atomic E-state index is -0.612. The van der Waals surface area contributed by atoms with Crippen LogP contribution in [0.15, 0.2) is 51.7 Å². The van der Waals surface area contributed by atoms with Crippen molar-refractivity contribution in [3.63, 3.8) is 0 Å². The van der Waals surface area contributed by atoms with Crippen molar-refractivity contribution in [1.29, 1.82) is 0 Å². The molecule has 0 fully saturated rings. The molecule has 3 aromatic rings. The van der Waals surface area contributed by atoms with Crippen molar-refractivity contribution in [1.82, 2.24) is 4.90 Å². The van der Waals surface area contributed by atoms with E-state index >= 15 is 0 Å². The van der Waals surface area contributed by atoms with Crippen LogP contribution in [0.1, 0.15) is 51.6 Å². The molecule has 1 aliphatic rings. The lowest BCUT2D eigenvalue weighted by Gasteiger charge is -2.13. The van der Waals surface area contributed by atoms with Crippen molar-refractivity contribution in [3.8, 4) is 0 Å². The number of anilines is 1. The Balaban J connectivity index is 1.35. The maximum absolute atomic E-state index is 12.5. The fourth-order valence-electron chi connectivity index (χ4n) is 3.85. The maximum atomic E-state index is 12.5. The minimum absolute atomic E-state index is 0.00150. The third kappa shape index (κ3) is 4.73. The molecule has 2 heterocycles. The van der Waals surface area contributed by atoms with E-state index in [9.17, 15) is 24.0 Å². The van der Waals surface area contributed by atoms with Crippen LogP contribution in [0.25, 0.3) is 11.0 Å². The van der Waals surface area contributed by atoms with Gasteiger partial charge in [0.15, 0.2) is 0 Å². The number of amides is 3. The lowest BCUT2D eigenvalue weighted by molar-refractivity contribution is -0.145. The third-order valence-corrected chi connectivity index (χ3v) is 5.43. The number of imide groups is 1. The van der Waals surface area contributed by atoms with Crippen LogP contribution in [0.2, 0.25) is 0 Å². The Hall–Kier alpha value is -4.27. The fourth-order valence-corrected chi connectivity index (χ4v) is 3.85. The topological polar surface area (TPSA) is 123 Å². The number of hydrogen-bond donors (Lipinski definition) is 1. The van der Waals surface area contributed by atoms with Crippen molar-refractivity contribution in [3.05, 3.63) is 75.1 Å². The van der Waals surface area contributed by atoms with Crippen LogP contribution in [0, 0.1) is 6.92 Å². The molecular weight excluding hydrogens is 440 g/mol. The minimum Gasteiger partial charge on any atom is -0.461 e. The van der Waals surface area contributed by atoms with E-state index in [2.05, 4.69) is 5.32 Å². The molecule has 0 unspecified atom stereocenters. The highest BCUT2D eigenvalue weighted by atomic mass is 16.5.